The molecule has 0 aromatic carbocycles. The van der Waals surface area contributed by atoms with Crippen molar-refractivity contribution in [3.8, 4) is 0 Å². The molecule has 0 aromatic heterocycles. The van der Waals surface area contributed by atoms with Crippen LogP contribution in [0.1, 0.15) is 0 Å². The quantitative estimate of drug-likeness (QED) is 0.290. The largest absolute Gasteiger partial charge is 0.458 e. The molecule has 0 unspecified atom stereocenters. The summed E-state index contributed by atoms with van der Waals surface area (Å²) < 4.78 is 8.98. The fourth-order valence-corrected chi connectivity index (χ4v) is 0.447. The summed E-state index contributed by atoms with van der Waals surface area (Å²) in [5, 5.41) is 0. The molecule has 0 saturated heterocycles. The fraction of sp³-hybridized carbons (Fsp3) is 0.250. The summed E-state index contributed by atoms with van der Waals surface area (Å²) in [5.41, 5.74) is 0. The molecule has 13 heavy (non-hydrogen) atoms. The van der Waals surface area contributed by atoms with Gasteiger partial charge in [0.2, 0.25) is 0 Å². The van der Waals surface area contributed by atoms with Crippen molar-refractivity contribution in [2.24, 2.45) is 0 Å². The molecule has 0 radical (unpaired) electrons. The number of esters is 2. The van der Waals surface area contributed by atoms with E-state index in [1.807, 2.05) is 0 Å². The molecule has 72 valence electrons. The minimum atomic E-state index is -0.562. The highest BCUT2D eigenvalue weighted by Gasteiger charge is 1.94. The zero-order valence-electron chi connectivity index (χ0n) is 6.86. The number of ether oxygens (including phenoxy) is 2. The summed E-state index contributed by atoms with van der Waals surface area (Å²) in [6.45, 7) is 3.23. The molecule has 0 heterocycles. The first-order valence-electron chi connectivity index (χ1n) is 3.40. The van der Waals surface area contributed by atoms with Crippen LogP contribution in [0.4, 0.5) is 0 Å². The van der Waals surface area contributed by atoms with Crippen LogP contribution in [0, 0.1) is 0 Å². The van der Waals surface area contributed by atoms with Crippen molar-refractivity contribution in [3.63, 3.8) is 0 Å². The van der Waals surface area contributed by atoms with E-state index in [4.69, 9.17) is 11.6 Å². The van der Waals surface area contributed by atoms with Gasteiger partial charge in [-0.1, -0.05) is 6.58 Å². The third-order valence-corrected chi connectivity index (χ3v) is 1.11. The van der Waals surface area contributed by atoms with Gasteiger partial charge >= 0.3 is 11.9 Å². The Morgan fingerprint density at radius 1 is 1.46 bits per heavy atom. The predicted octanol–water partition coefficient (Wildman–Crippen LogP) is 1.01. The van der Waals surface area contributed by atoms with Crippen molar-refractivity contribution in [1.82, 2.24) is 0 Å². The molecular formula is C8H9ClO4. The van der Waals surface area contributed by atoms with Gasteiger partial charge in [0.1, 0.15) is 12.5 Å². The van der Waals surface area contributed by atoms with Crippen LogP contribution < -0.4 is 0 Å². The summed E-state index contributed by atoms with van der Waals surface area (Å²) in [4.78, 5) is 20.9. The zero-order valence-corrected chi connectivity index (χ0v) is 7.62. The molecule has 0 N–H and O–H groups in total. The Morgan fingerprint density at radius 3 is 2.69 bits per heavy atom. The molecule has 0 saturated carbocycles. The standard InChI is InChI=1S/C8H9ClO4/c1-2-7(10)12-4-3-5-13-8(11)6-9/h2-3,5H,1,4,6H2. The van der Waals surface area contributed by atoms with Gasteiger partial charge in [0, 0.05) is 6.08 Å². The van der Waals surface area contributed by atoms with E-state index in [2.05, 4.69) is 16.1 Å². The van der Waals surface area contributed by atoms with Gasteiger partial charge in [0.25, 0.3) is 0 Å². The predicted molar refractivity (Wildman–Crippen MR) is 47.1 cm³/mol. The Balaban J connectivity index is 3.47. The lowest BCUT2D eigenvalue weighted by Crippen LogP contribution is -2.02. The smallest absolute Gasteiger partial charge is 0.330 e. The summed E-state index contributed by atoms with van der Waals surface area (Å²) in [6, 6.07) is 0. The number of hydrogen-bond donors (Lipinski definition) is 0. The number of halogens is 1. The van der Waals surface area contributed by atoms with E-state index in [-0.39, 0.29) is 12.5 Å². The number of rotatable bonds is 5. The van der Waals surface area contributed by atoms with Crippen LogP contribution in [-0.2, 0) is 19.1 Å². The molecule has 0 aromatic rings. The molecule has 5 heteroatoms. The lowest BCUT2D eigenvalue weighted by Gasteiger charge is -1.95. The molecule has 0 atom stereocenters. The monoisotopic (exact) mass is 204 g/mol. The van der Waals surface area contributed by atoms with Gasteiger partial charge < -0.3 is 9.47 Å². The van der Waals surface area contributed by atoms with Crippen molar-refractivity contribution >= 4 is 23.5 Å². The Labute approximate surface area is 80.8 Å². The molecule has 0 amide bonds. The van der Waals surface area contributed by atoms with Crippen molar-refractivity contribution in [2.45, 2.75) is 0 Å². The van der Waals surface area contributed by atoms with E-state index in [9.17, 15) is 9.59 Å². The van der Waals surface area contributed by atoms with Gasteiger partial charge in [-0.3, -0.25) is 4.79 Å². The van der Waals surface area contributed by atoms with E-state index in [0.717, 1.165) is 12.3 Å². The average Bonchev–Trinajstić information content (AvgIpc) is 2.16. The SMILES string of the molecule is C=CC(=O)OCC=COC(=O)CCl. The molecular weight excluding hydrogens is 196 g/mol. The van der Waals surface area contributed by atoms with Gasteiger partial charge in [0.15, 0.2) is 0 Å². The second-order valence-corrected chi connectivity index (χ2v) is 2.10. The molecule has 0 aliphatic heterocycles. The third-order valence-electron chi connectivity index (χ3n) is 0.893. The van der Waals surface area contributed by atoms with E-state index in [1.54, 1.807) is 0 Å². The summed E-state index contributed by atoms with van der Waals surface area (Å²) in [7, 11) is 0. The average molecular weight is 205 g/mol. The van der Waals surface area contributed by atoms with Crippen LogP contribution in [0.15, 0.2) is 25.0 Å². The van der Waals surface area contributed by atoms with E-state index in [0.29, 0.717) is 0 Å². The second-order valence-electron chi connectivity index (χ2n) is 1.83. The Bertz CT molecular complexity index is 222. The zero-order chi connectivity index (χ0) is 10.1. The molecule has 0 bridgehead atoms. The van der Waals surface area contributed by atoms with Crippen molar-refractivity contribution < 1.29 is 19.1 Å². The molecule has 0 aliphatic carbocycles. The van der Waals surface area contributed by atoms with Gasteiger partial charge in [-0.25, -0.2) is 4.79 Å². The topological polar surface area (TPSA) is 52.6 Å². The number of alkyl halides is 1. The maximum atomic E-state index is 10.5. The van der Waals surface area contributed by atoms with E-state index < -0.39 is 11.9 Å². The summed E-state index contributed by atoms with van der Waals surface area (Å²) in [5.74, 6) is -1.31. The molecule has 0 aliphatic rings. The Hall–Kier alpha value is -1.29. The van der Waals surface area contributed by atoms with E-state index >= 15 is 0 Å². The molecule has 0 fully saturated rings. The number of carbonyl (C=O) groups excluding carboxylic acids is 2. The summed E-state index contributed by atoms with van der Waals surface area (Å²) >= 11 is 5.13. The Morgan fingerprint density at radius 2 is 2.15 bits per heavy atom. The van der Waals surface area contributed by atoms with E-state index in [1.165, 1.54) is 6.08 Å². The lowest BCUT2D eigenvalue weighted by molar-refractivity contribution is -0.136. The first-order chi connectivity index (χ1) is 6.20. The van der Waals surface area contributed by atoms with Crippen LogP contribution in [0.5, 0.6) is 0 Å². The fourth-order valence-electron chi connectivity index (χ4n) is 0.384. The minimum absolute atomic E-state index is 0.0282. The minimum Gasteiger partial charge on any atom is -0.458 e. The second kappa shape index (κ2) is 7.36. The highest BCUT2D eigenvalue weighted by Crippen LogP contribution is 1.86. The van der Waals surface area contributed by atoms with Crippen molar-refractivity contribution in [2.75, 3.05) is 12.5 Å². The molecule has 0 spiro atoms. The van der Waals surface area contributed by atoms with Crippen molar-refractivity contribution in [3.05, 3.63) is 25.0 Å². The summed E-state index contributed by atoms with van der Waals surface area (Å²) in [6.07, 6.45) is 3.52. The highest BCUT2D eigenvalue weighted by atomic mass is 35.5. The lowest BCUT2D eigenvalue weighted by atomic mass is 10.6. The normalized spacial score (nSPS) is 9.62. The highest BCUT2D eigenvalue weighted by molar-refractivity contribution is 6.26. The number of hydrogen-bond acceptors (Lipinski definition) is 4. The van der Waals surface area contributed by atoms with Gasteiger partial charge in [-0.2, -0.15) is 0 Å². The van der Waals surface area contributed by atoms with Crippen LogP contribution >= 0.6 is 11.6 Å². The first kappa shape index (κ1) is 11.7. The van der Waals surface area contributed by atoms with Crippen LogP contribution in [0.3, 0.4) is 0 Å². The van der Waals surface area contributed by atoms with Crippen LogP contribution in [-0.4, -0.2) is 24.4 Å². The number of carbonyl (C=O) groups is 2. The van der Waals surface area contributed by atoms with Gasteiger partial charge in [0.05, 0.1) is 6.26 Å². The van der Waals surface area contributed by atoms with Crippen LogP contribution in [0.2, 0.25) is 0 Å². The third kappa shape index (κ3) is 7.08. The Kier molecular flexibility index (Phi) is 6.63. The van der Waals surface area contributed by atoms with Gasteiger partial charge in [-0.15, -0.1) is 11.6 Å². The van der Waals surface area contributed by atoms with Crippen molar-refractivity contribution in [1.29, 1.82) is 0 Å². The molecule has 4 nitrogen and oxygen atoms in total. The first-order valence-corrected chi connectivity index (χ1v) is 3.93. The maximum Gasteiger partial charge on any atom is 0.330 e. The van der Waals surface area contributed by atoms with Crippen LogP contribution in [0.25, 0.3) is 0 Å². The maximum absolute atomic E-state index is 10.5. The molecule has 0 rings (SSSR count). The van der Waals surface area contributed by atoms with Gasteiger partial charge in [-0.05, 0) is 6.08 Å².